The highest BCUT2D eigenvalue weighted by molar-refractivity contribution is 5.87. The Hall–Kier alpha value is -1.48. The molecule has 8 nitrogen and oxygen atoms in total. The molecule has 0 aromatic carbocycles. The van der Waals surface area contributed by atoms with Crippen molar-refractivity contribution >= 4 is 11.9 Å². The van der Waals surface area contributed by atoms with Crippen molar-refractivity contribution < 1.29 is 39.1 Å². The highest BCUT2D eigenvalue weighted by atomic mass is 16.7. The van der Waals surface area contributed by atoms with Gasteiger partial charge in [-0.15, -0.1) is 0 Å². The van der Waals surface area contributed by atoms with E-state index in [0.717, 1.165) is 0 Å². The van der Waals surface area contributed by atoms with E-state index < -0.39 is 49.3 Å². The third-order valence-corrected chi connectivity index (χ3v) is 3.65. The minimum atomic E-state index is -1.57. The fraction of sp³-hybridized carbons (Fsp3) is 0.750. The Morgan fingerprint density at radius 1 is 1.21 bits per heavy atom. The predicted molar refractivity (Wildman–Crippen MR) is 82.6 cm³/mol. The molecule has 1 rings (SSSR count). The fourth-order valence-electron chi connectivity index (χ4n) is 2.12. The lowest BCUT2D eigenvalue weighted by Crippen LogP contribution is -2.60. The minimum absolute atomic E-state index is 0.0384. The number of esters is 2. The number of aliphatic hydroxyl groups excluding tert-OH is 3. The largest absolute Gasteiger partial charge is 0.449 e. The van der Waals surface area contributed by atoms with Crippen LogP contribution in [0.3, 0.4) is 0 Å². The first kappa shape index (κ1) is 20.6. The predicted octanol–water partition coefficient (Wildman–Crippen LogP) is -0.107. The second-order valence-corrected chi connectivity index (χ2v) is 6.14. The quantitative estimate of drug-likeness (QED) is 0.450. The zero-order chi connectivity index (χ0) is 18.4. The molecule has 0 radical (unpaired) electrons. The molecular weight excluding hydrogens is 320 g/mol. The molecule has 0 amide bonds. The lowest BCUT2D eigenvalue weighted by molar-refractivity contribution is -0.295. The first-order valence-corrected chi connectivity index (χ1v) is 7.87. The molecule has 0 aromatic rings. The van der Waals surface area contributed by atoms with Gasteiger partial charge in [-0.3, -0.25) is 4.79 Å². The molecular formula is C16H26O8. The van der Waals surface area contributed by atoms with Crippen LogP contribution in [-0.2, 0) is 23.8 Å². The molecule has 1 aliphatic rings. The summed E-state index contributed by atoms with van der Waals surface area (Å²) in [6.07, 6.45) is -5.40. The van der Waals surface area contributed by atoms with E-state index in [9.17, 15) is 24.9 Å². The molecule has 0 saturated carbocycles. The third-order valence-electron chi connectivity index (χ3n) is 3.65. The molecule has 0 bridgehead atoms. The van der Waals surface area contributed by atoms with Gasteiger partial charge in [-0.1, -0.05) is 19.9 Å². The maximum absolute atomic E-state index is 11.9. The number of hydrogen-bond donors (Lipinski definition) is 3. The van der Waals surface area contributed by atoms with Crippen LogP contribution in [0.5, 0.6) is 0 Å². The summed E-state index contributed by atoms with van der Waals surface area (Å²) in [5.74, 6) is -1.29. The van der Waals surface area contributed by atoms with Crippen LogP contribution in [0.1, 0.15) is 34.1 Å². The van der Waals surface area contributed by atoms with Crippen molar-refractivity contribution in [2.24, 2.45) is 5.92 Å². The topological polar surface area (TPSA) is 123 Å². The maximum Gasteiger partial charge on any atom is 0.333 e. The van der Waals surface area contributed by atoms with Gasteiger partial charge in [-0.05, 0) is 19.8 Å². The van der Waals surface area contributed by atoms with E-state index in [0.29, 0.717) is 0 Å². The normalized spacial score (nSPS) is 31.0. The number of allylic oxidation sites excluding steroid dienone is 1. The molecule has 1 fully saturated rings. The van der Waals surface area contributed by atoms with E-state index >= 15 is 0 Å². The Morgan fingerprint density at radius 3 is 2.33 bits per heavy atom. The van der Waals surface area contributed by atoms with Crippen molar-refractivity contribution in [1.82, 2.24) is 0 Å². The van der Waals surface area contributed by atoms with Crippen LogP contribution in [0.2, 0.25) is 0 Å². The van der Waals surface area contributed by atoms with Crippen molar-refractivity contribution in [3.63, 3.8) is 0 Å². The summed E-state index contributed by atoms with van der Waals surface area (Å²) in [5, 5.41) is 29.3. The molecule has 1 heterocycles. The Morgan fingerprint density at radius 2 is 1.83 bits per heavy atom. The summed E-state index contributed by atoms with van der Waals surface area (Å²) >= 11 is 0. The minimum Gasteiger partial charge on any atom is -0.449 e. The monoisotopic (exact) mass is 346 g/mol. The van der Waals surface area contributed by atoms with Crippen molar-refractivity contribution in [2.75, 3.05) is 6.61 Å². The van der Waals surface area contributed by atoms with Gasteiger partial charge in [-0.2, -0.15) is 0 Å². The Labute approximate surface area is 141 Å². The van der Waals surface area contributed by atoms with Crippen molar-refractivity contribution in [2.45, 2.75) is 64.8 Å². The van der Waals surface area contributed by atoms with Gasteiger partial charge in [0, 0.05) is 12.0 Å². The summed E-state index contributed by atoms with van der Waals surface area (Å²) in [7, 11) is 0. The number of carbonyl (C=O) groups is 2. The lowest BCUT2D eigenvalue weighted by Gasteiger charge is -2.40. The van der Waals surface area contributed by atoms with Gasteiger partial charge < -0.3 is 29.5 Å². The standard InChI is InChI=1S/C16H26O8/c1-5-9(4)15(21)24-14-13(20)12(19)10(7-17)22-16(14)23-11(18)6-8(2)3/h5,8,10,12-14,16-17,19-20H,6-7H2,1-4H3/t10-,12-,13+,14-,16+/m1/s1. The van der Waals surface area contributed by atoms with Crippen molar-refractivity contribution in [1.29, 1.82) is 0 Å². The summed E-state index contributed by atoms with van der Waals surface area (Å²) in [5.41, 5.74) is 0.285. The summed E-state index contributed by atoms with van der Waals surface area (Å²) in [6, 6.07) is 0. The summed E-state index contributed by atoms with van der Waals surface area (Å²) in [6.45, 7) is 6.22. The van der Waals surface area contributed by atoms with Gasteiger partial charge in [0.15, 0.2) is 6.10 Å². The Kier molecular flexibility index (Phi) is 7.82. The van der Waals surface area contributed by atoms with Crippen LogP contribution >= 0.6 is 0 Å². The average Bonchev–Trinajstić information content (AvgIpc) is 2.52. The molecule has 1 aliphatic heterocycles. The zero-order valence-electron chi connectivity index (χ0n) is 14.3. The number of aliphatic hydroxyl groups is 3. The number of ether oxygens (including phenoxy) is 3. The second kappa shape index (κ2) is 9.12. The maximum atomic E-state index is 11.9. The van der Waals surface area contributed by atoms with Gasteiger partial charge in [0.05, 0.1) is 6.61 Å². The molecule has 0 aliphatic carbocycles. The van der Waals surface area contributed by atoms with Crippen LogP contribution in [0, 0.1) is 5.92 Å². The Bertz CT molecular complexity index is 473. The van der Waals surface area contributed by atoms with E-state index in [1.807, 2.05) is 13.8 Å². The Balaban J connectivity index is 2.94. The molecule has 5 atom stereocenters. The molecule has 8 heteroatoms. The molecule has 138 valence electrons. The molecule has 3 N–H and O–H groups in total. The lowest BCUT2D eigenvalue weighted by atomic mass is 9.99. The van der Waals surface area contributed by atoms with Crippen LogP contribution in [0.25, 0.3) is 0 Å². The van der Waals surface area contributed by atoms with Gasteiger partial charge >= 0.3 is 11.9 Å². The van der Waals surface area contributed by atoms with E-state index in [2.05, 4.69) is 0 Å². The number of rotatable bonds is 6. The van der Waals surface area contributed by atoms with Gasteiger partial charge in [0.25, 0.3) is 0 Å². The van der Waals surface area contributed by atoms with Crippen LogP contribution < -0.4 is 0 Å². The number of carbonyl (C=O) groups excluding carboxylic acids is 2. The van der Waals surface area contributed by atoms with E-state index in [4.69, 9.17) is 14.2 Å². The number of hydrogen-bond acceptors (Lipinski definition) is 8. The zero-order valence-corrected chi connectivity index (χ0v) is 14.3. The van der Waals surface area contributed by atoms with Gasteiger partial charge in [0.2, 0.25) is 6.29 Å². The van der Waals surface area contributed by atoms with Gasteiger partial charge in [0.1, 0.15) is 18.3 Å². The summed E-state index contributed by atoms with van der Waals surface area (Å²) < 4.78 is 15.6. The van der Waals surface area contributed by atoms with Crippen LogP contribution in [-0.4, -0.2) is 64.6 Å². The average molecular weight is 346 g/mol. The SMILES string of the molecule is CC=C(C)C(=O)O[C@H]1[C@H](OC(=O)CC(C)C)O[C@H](CO)[C@@H](O)[C@@H]1O. The molecule has 0 unspecified atom stereocenters. The van der Waals surface area contributed by atoms with Gasteiger partial charge in [-0.25, -0.2) is 4.79 Å². The first-order valence-electron chi connectivity index (χ1n) is 7.87. The highest BCUT2D eigenvalue weighted by Crippen LogP contribution is 2.26. The van der Waals surface area contributed by atoms with Crippen molar-refractivity contribution in [3.8, 4) is 0 Å². The molecule has 24 heavy (non-hydrogen) atoms. The van der Waals surface area contributed by atoms with Crippen LogP contribution in [0.15, 0.2) is 11.6 Å². The summed E-state index contributed by atoms with van der Waals surface area (Å²) in [4.78, 5) is 23.8. The third kappa shape index (κ3) is 5.27. The highest BCUT2D eigenvalue weighted by Gasteiger charge is 2.48. The fourth-order valence-corrected chi connectivity index (χ4v) is 2.12. The smallest absolute Gasteiger partial charge is 0.333 e. The van der Waals surface area contributed by atoms with E-state index in [-0.39, 0.29) is 17.9 Å². The second-order valence-electron chi connectivity index (χ2n) is 6.14. The molecule has 0 aromatic heterocycles. The van der Waals surface area contributed by atoms with Crippen molar-refractivity contribution in [3.05, 3.63) is 11.6 Å². The van der Waals surface area contributed by atoms with E-state index in [1.165, 1.54) is 13.0 Å². The molecule has 1 saturated heterocycles. The van der Waals surface area contributed by atoms with Crippen LogP contribution in [0.4, 0.5) is 0 Å². The first-order chi connectivity index (χ1) is 11.2. The van der Waals surface area contributed by atoms with E-state index in [1.54, 1.807) is 6.92 Å². The molecule has 0 spiro atoms.